The quantitative estimate of drug-likeness (QED) is 0.663. The number of hydrogen-bond donors (Lipinski definition) is 3. The molecule has 104 valence electrons. The highest BCUT2D eigenvalue weighted by atomic mass is 16.5. The summed E-state index contributed by atoms with van der Waals surface area (Å²) >= 11 is 0. The monoisotopic (exact) mass is 272 g/mol. The minimum atomic E-state index is 0.479. The first-order chi connectivity index (χ1) is 9.81. The number of aryl methyl sites for hydroxylation is 1. The van der Waals surface area contributed by atoms with Crippen molar-refractivity contribution in [2.24, 2.45) is 0 Å². The lowest BCUT2D eigenvalue weighted by atomic mass is 10.2. The molecule has 3 aromatic heterocycles. The Bertz CT molecular complexity index is 703. The summed E-state index contributed by atoms with van der Waals surface area (Å²) in [5.74, 6) is 1.08. The van der Waals surface area contributed by atoms with E-state index in [0.717, 1.165) is 28.7 Å². The van der Waals surface area contributed by atoms with Crippen molar-refractivity contribution >= 4 is 22.7 Å². The topological polar surface area (TPSA) is 91.5 Å². The van der Waals surface area contributed by atoms with Crippen LogP contribution in [-0.4, -0.2) is 31.8 Å². The second-order valence-electron chi connectivity index (χ2n) is 4.29. The molecule has 7 nitrogen and oxygen atoms in total. The van der Waals surface area contributed by atoms with Crippen molar-refractivity contribution in [3.63, 3.8) is 0 Å². The van der Waals surface area contributed by atoms with Crippen LogP contribution in [0.1, 0.15) is 19.4 Å². The zero-order valence-electron chi connectivity index (χ0n) is 11.4. The number of fused-ring (bicyclic) bond motifs is 1. The predicted molar refractivity (Wildman–Crippen MR) is 76.3 cm³/mol. The summed E-state index contributed by atoms with van der Waals surface area (Å²) in [4.78, 5) is 12.1. The number of hydrogen-bond acceptors (Lipinski definition) is 5. The van der Waals surface area contributed by atoms with Crippen molar-refractivity contribution in [3.8, 4) is 5.88 Å². The lowest BCUT2D eigenvalue weighted by Gasteiger charge is -2.08. The van der Waals surface area contributed by atoms with Crippen LogP contribution in [0.15, 0.2) is 18.6 Å². The Morgan fingerprint density at radius 2 is 2.15 bits per heavy atom. The first-order valence-corrected chi connectivity index (χ1v) is 6.58. The van der Waals surface area contributed by atoms with Gasteiger partial charge in [-0.25, -0.2) is 0 Å². The zero-order chi connectivity index (χ0) is 13.9. The molecule has 0 fully saturated rings. The summed E-state index contributed by atoms with van der Waals surface area (Å²) in [6.45, 7) is 4.59. The van der Waals surface area contributed by atoms with Gasteiger partial charge in [-0.3, -0.25) is 5.10 Å². The predicted octanol–water partition coefficient (Wildman–Crippen LogP) is 2.39. The van der Waals surface area contributed by atoms with Gasteiger partial charge in [-0.1, -0.05) is 6.92 Å². The molecular weight excluding hydrogens is 256 g/mol. The maximum Gasteiger partial charge on any atom is 0.232 e. The van der Waals surface area contributed by atoms with E-state index in [0.29, 0.717) is 18.4 Å². The molecule has 0 bridgehead atoms. The van der Waals surface area contributed by atoms with Crippen LogP contribution in [0.3, 0.4) is 0 Å². The number of nitrogens with one attached hydrogen (secondary N) is 3. The molecule has 0 spiro atoms. The van der Waals surface area contributed by atoms with Gasteiger partial charge in [0.05, 0.1) is 23.9 Å². The van der Waals surface area contributed by atoms with Gasteiger partial charge in [0.1, 0.15) is 5.65 Å². The molecule has 0 atom stereocenters. The van der Waals surface area contributed by atoms with E-state index in [4.69, 9.17) is 4.74 Å². The molecule has 0 amide bonds. The van der Waals surface area contributed by atoms with Crippen LogP contribution in [0.5, 0.6) is 5.88 Å². The van der Waals surface area contributed by atoms with E-state index in [1.54, 1.807) is 12.4 Å². The standard InChI is InChI=1S/C13H16N6O/c1-3-8-5-14-11-10(8)12(20-4-2)19-13(18-11)17-9-6-15-16-7-9/h5-7H,3-4H2,1-2H3,(H,15,16)(H2,14,17,18,19). The van der Waals surface area contributed by atoms with E-state index < -0.39 is 0 Å². The second kappa shape index (κ2) is 5.20. The van der Waals surface area contributed by atoms with Gasteiger partial charge in [0, 0.05) is 12.4 Å². The molecule has 3 rings (SSSR count). The third-order valence-electron chi connectivity index (χ3n) is 3.00. The Morgan fingerprint density at radius 1 is 1.25 bits per heavy atom. The summed E-state index contributed by atoms with van der Waals surface area (Å²) in [7, 11) is 0. The normalized spacial score (nSPS) is 10.9. The molecule has 7 heteroatoms. The van der Waals surface area contributed by atoms with Gasteiger partial charge in [0.25, 0.3) is 0 Å². The van der Waals surface area contributed by atoms with Gasteiger partial charge in [0.2, 0.25) is 11.8 Å². The molecule has 0 aliphatic carbocycles. The maximum absolute atomic E-state index is 5.65. The van der Waals surface area contributed by atoms with Crippen molar-refractivity contribution < 1.29 is 4.74 Å². The zero-order valence-corrected chi connectivity index (χ0v) is 11.4. The van der Waals surface area contributed by atoms with E-state index in [2.05, 4.69) is 37.4 Å². The molecule has 3 N–H and O–H groups in total. The second-order valence-corrected chi connectivity index (χ2v) is 4.29. The largest absolute Gasteiger partial charge is 0.477 e. The van der Waals surface area contributed by atoms with E-state index in [1.165, 1.54) is 0 Å². The summed E-state index contributed by atoms with van der Waals surface area (Å²) in [6.07, 6.45) is 6.25. The van der Waals surface area contributed by atoms with Crippen LogP contribution < -0.4 is 10.1 Å². The number of rotatable bonds is 5. The lowest BCUT2D eigenvalue weighted by Crippen LogP contribution is -2.02. The van der Waals surface area contributed by atoms with Gasteiger partial charge in [-0.15, -0.1) is 0 Å². The SMILES string of the molecule is CCOc1nc(Nc2cn[nH]c2)nc2[nH]cc(CC)c12. The highest BCUT2D eigenvalue weighted by Gasteiger charge is 2.14. The smallest absolute Gasteiger partial charge is 0.232 e. The Labute approximate surface area is 115 Å². The molecule has 0 aliphatic rings. The molecule has 3 aromatic rings. The summed E-state index contributed by atoms with van der Waals surface area (Å²) in [5.41, 5.74) is 2.72. The Balaban J connectivity index is 2.06. The Morgan fingerprint density at radius 3 is 2.85 bits per heavy atom. The van der Waals surface area contributed by atoms with Gasteiger partial charge in [-0.05, 0) is 18.9 Å². The summed E-state index contributed by atoms with van der Waals surface area (Å²) in [5, 5.41) is 10.6. The third kappa shape index (κ3) is 2.18. The Kier molecular flexibility index (Phi) is 3.24. The third-order valence-corrected chi connectivity index (χ3v) is 3.00. The average Bonchev–Trinajstić information content (AvgIpc) is 3.08. The van der Waals surface area contributed by atoms with Crippen LogP contribution in [0, 0.1) is 0 Å². The van der Waals surface area contributed by atoms with E-state index in [-0.39, 0.29) is 0 Å². The number of anilines is 2. The minimum absolute atomic E-state index is 0.479. The summed E-state index contributed by atoms with van der Waals surface area (Å²) < 4.78 is 5.65. The fourth-order valence-corrected chi connectivity index (χ4v) is 2.09. The highest BCUT2D eigenvalue weighted by molar-refractivity contribution is 5.86. The van der Waals surface area contributed by atoms with Gasteiger partial charge in [0.15, 0.2) is 0 Å². The van der Waals surface area contributed by atoms with Crippen molar-refractivity contribution in [1.29, 1.82) is 0 Å². The summed E-state index contributed by atoms with van der Waals surface area (Å²) in [6, 6.07) is 0. The van der Waals surface area contributed by atoms with Gasteiger partial charge in [-0.2, -0.15) is 15.1 Å². The van der Waals surface area contributed by atoms with Crippen molar-refractivity contribution in [3.05, 3.63) is 24.2 Å². The van der Waals surface area contributed by atoms with Crippen molar-refractivity contribution in [2.75, 3.05) is 11.9 Å². The molecular formula is C13H16N6O. The van der Waals surface area contributed by atoms with Crippen molar-refractivity contribution in [1.82, 2.24) is 25.1 Å². The maximum atomic E-state index is 5.65. The molecule has 0 unspecified atom stereocenters. The van der Waals surface area contributed by atoms with E-state index in [9.17, 15) is 0 Å². The molecule has 0 saturated heterocycles. The molecule has 0 saturated carbocycles. The molecule has 20 heavy (non-hydrogen) atoms. The number of H-pyrrole nitrogens is 2. The number of nitrogens with zero attached hydrogens (tertiary/aromatic N) is 3. The van der Waals surface area contributed by atoms with Crippen LogP contribution >= 0.6 is 0 Å². The van der Waals surface area contributed by atoms with E-state index in [1.807, 2.05) is 13.1 Å². The first kappa shape index (κ1) is 12.5. The molecule has 0 aromatic carbocycles. The van der Waals surface area contributed by atoms with Gasteiger partial charge >= 0.3 is 0 Å². The van der Waals surface area contributed by atoms with Crippen LogP contribution in [0.25, 0.3) is 11.0 Å². The average molecular weight is 272 g/mol. The number of aromatic amines is 2. The van der Waals surface area contributed by atoms with Gasteiger partial charge < -0.3 is 15.0 Å². The fraction of sp³-hybridized carbons (Fsp3) is 0.308. The molecule has 0 radical (unpaired) electrons. The van der Waals surface area contributed by atoms with Crippen LogP contribution in [0.2, 0.25) is 0 Å². The first-order valence-electron chi connectivity index (χ1n) is 6.58. The fourth-order valence-electron chi connectivity index (χ4n) is 2.09. The molecule has 3 heterocycles. The molecule has 0 aliphatic heterocycles. The highest BCUT2D eigenvalue weighted by Crippen LogP contribution is 2.28. The van der Waals surface area contributed by atoms with E-state index >= 15 is 0 Å². The minimum Gasteiger partial charge on any atom is -0.477 e. The van der Waals surface area contributed by atoms with Crippen LogP contribution in [-0.2, 0) is 6.42 Å². The van der Waals surface area contributed by atoms with Crippen LogP contribution in [0.4, 0.5) is 11.6 Å². The lowest BCUT2D eigenvalue weighted by molar-refractivity contribution is 0.331. The number of ether oxygens (including phenoxy) is 1. The number of aromatic nitrogens is 5. The Hall–Kier alpha value is -2.57. The van der Waals surface area contributed by atoms with Crippen molar-refractivity contribution in [2.45, 2.75) is 20.3 Å².